The number of nitrogens with one attached hydrogen (secondary N) is 1. The predicted octanol–water partition coefficient (Wildman–Crippen LogP) is 1.35. The van der Waals surface area contributed by atoms with Crippen molar-refractivity contribution in [2.45, 2.75) is 19.8 Å². The lowest BCUT2D eigenvalue weighted by molar-refractivity contribution is 0.0300. The van der Waals surface area contributed by atoms with Crippen molar-refractivity contribution in [2.24, 2.45) is 5.41 Å². The lowest BCUT2D eigenvalue weighted by Gasteiger charge is -2.33. The summed E-state index contributed by atoms with van der Waals surface area (Å²) in [6, 6.07) is 0. The molecule has 6 nitrogen and oxygen atoms in total. The van der Waals surface area contributed by atoms with Crippen LogP contribution in [0.4, 0.5) is 5.82 Å². The molecule has 0 radical (unpaired) electrons. The van der Waals surface area contributed by atoms with Crippen molar-refractivity contribution in [3.63, 3.8) is 0 Å². The molecular weight excluding hydrogens is 230 g/mol. The summed E-state index contributed by atoms with van der Waals surface area (Å²) >= 11 is 0. The van der Waals surface area contributed by atoms with Crippen molar-refractivity contribution in [1.29, 1.82) is 0 Å². The number of anilines is 1. The van der Waals surface area contributed by atoms with E-state index < -0.39 is 0 Å². The van der Waals surface area contributed by atoms with E-state index in [1.807, 2.05) is 10.6 Å². The summed E-state index contributed by atoms with van der Waals surface area (Å²) in [4.78, 5) is 4.33. The first-order valence-corrected chi connectivity index (χ1v) is 6.23. The SMILES string of the molecule is CC1(CNc2nccn3cnnc23)CCOCC1. The largest absolute Gasteiger partial charge is 0.381 e. The third kappa shape index (κ3) is 2.15. The summed E-state index contributed by atoms with van der Waals surface area (Å²) < 4.78 is 7.27. The van der Waals surface area contributed by atoms with Gasteiger partial charge >= 0.3 is 0 Å². The maximum Gasteiger partial charge on any atom is 0.203 e. The Bertz CT molecular complexity index is 532. The first-order valence-electron chi connectivity index (χ1n) is 6.23. The van der Waals surface area contributed by atoms with Gasteiger partial charge in [-0.25, -0.2) is 4.98 Å². The van der Waals surface area contributed by atoms with Crippen molar-refractivity contribution >= 4 is 11.5 Å². The number of hydrogen-bond acceptors (Lipinski definition) is 5. The summed E-state index contributed by atoms with van der Waals surface area (Å²) in [7, 11) is 0. The van der Waals surface area contributed by atoms with E-state index in [9.17, 15) is 0 Å². The fourth-order valence-electron chi connectivity index (χ4n) is 2.22. The molecule has 0 unspecified atom stereocenters. The molecule has 2 aromatic heterocycles. The Morgan fingerprint density at radius 1 is 1.44 bits per heavy atom. The second-order valence-electron chi connectivity index (χ2n) is 5.11. The van der Waals surface area contributed by atoms with Crippen molar-refractivity contribution in [3.8, 4) is 0 Å². The van der Waals surface area contributed by atoms with Gasteiger partial charge in [0.25, 0.3) is 0 Å². The minimum absolute atomic E-state index is 0.271. The molecule has 1 aliphatic heterocycles. The number of fused-ring (bicyclic) bond motifs is 1. The van der Waals surface area contributed by atoms with Crippen LogP contribution in [0.15, 0.2) is 18.7 Å². The molecule has 2 aromatic rings. The van der Waals surface area contributed by atoms with Gasteiger partial charge in [0.05, 0.1) is 0 Å². The normalized spacial score (nSPS) is 18.9. The van der Waals surface area contributed by atoms with E-state index in [4.69, 9.17) is 4.74 Å². The van der Waals surface area contributed by atoms with Crippen LogP contribution >= 0.6 is 0 Å². The number of rotatable bonds is 3. The zero-order valence-electron chi connectivity index (χ0n) is 10.5. The highest BCUT2D eigenvalue weighted by Gasteiger charge is 2.27. The summed E-state index contributed by atoms with van der Waals surface area (Å²) in [5, 5.41) is 11.3. The van der Waals surface area contributed by atoms with Crippen LogP contribution in [-0.4, -0.2) is 39.3 Å². The Balaban J connectivity index is 1.74. The fraction of sp³-hybridized carbons (Fsp3) is 0.583. The molecule has 0 bridgehead atoms. The number of aromatic nitrogens is 4. The van der Waals surface area contributed by atoms with Crippen molar-refractivity contribution in [1.82, 2.24) is 19.6 Å². The molecule has 96 valence electrons. The van der Waals surface area contributed by atoms with Crippen LogP contribution in [0.3, 0.4) is 0 Å². The molecule has 3 heterocycles. The molecule has 0 aromatic carbocycles. The monoisotopic (exact) mass is 247 g/mol. The lowest BCUT2D eigenvalue weighted by Crippen LogP contribution is -2.33. The van der Waals surface area contributed by atoms with Crippen LogP contribution in [0, 0.1) is 5.41 Å². The molecule has 1 fully saturated rings. The van der Waals surface area contributed by atoms with Gasteiger partial charge in [-0.15, -0.1) is 10.2 Å². The third-order valence-corrected chi connectivity index (χ3v) is 3.60. The van der Waals surface area contributed by atoms with Gasteiger partial charge in [-0.05, 0) is 18.3 Å². The van der Waals surface area contributed by atoms with E-state index in [2.05, 4.69) is 27.4 Å². The molecule has 0 atom stereocenters. The molecule has 0 amide bonds. The summed E-state index contributed by atoms with van der Waals surface area (Å²) in [6.45, 7) is 4.86. The molecule has 1 N–H and O–H groups in total. The molecule has 6 heteroatoms. The van der Waals surface area contributed by atoms with Crippen LogP contribution < -0.4 is 5.32 Å². The molecule has 1 aliphatic rings. The van der Waals surface area contributed by atoms with E-state index in [-0.39, 0.29) is 5.41 Å². The van der Waals surface area contributed by atoms with Crippen LogP contribution in [0.2, 0.25) is 0 Å². The van der Waals surface area contributed by atoms with Crippen molar-refractivity contribution in [3.05, 3.63) is 18.7 Å². The van der Waals surface area contributed by atoms with Crippen molar-refractivity contribution in [2.75, 3.05) is 25.1 Å². The van der Waals surface area contributed by atoms with E-state index in [1.54, 1.807) is 12.5 Å². The van der Waals surface area contributed by atoms with E-state index in [0.717, 1.165) is 44.1 Å². The zero-order chi connectivity index (χ0) is 12.4. The molecule has 3 rings (SSSR count). The zero-order valence-corrected chi connectivity index (χ0v) is 10.5. The Morgan fingerprint density at radius 3 is 3.11 bits per heavy atom. The Hall–Kier alpha value is -1.69. The van der Waals surface area contributed by atoms with Gasteiger partial charge in [-0.2, -0.15) is 0 Å². The predicted molar refractivity (Wildman–Crippen MR) is 67.4 cm³/mol. The first kappa shape index (κ1) is 11.4. The Labute approximate surface area is 105 Å². The smallest absolute Gasteiger partial charge is 0.203 e. The Morgan fingerprint density at radius 2 is 2.28 bits per heavy atom. The highest BCUT2D eigenvalue weighted by atomic mass is 16.5. The second kappa shape index (κ2) is 4.53. The molecule has 0 spiro atoms. The van der Waals surface area contributed by atoms with Crippen LogP contribution in [0.5, 0.6) is 0 Å². The molecule has 0 aliphatic carbocycles. The van der Waals surface area contributed by atoms with Crippen LogP contribution in [0.25, 0.3) is 5.65 Å². The van der Waals surface area contributed by atoms with Crippen LogP contribution in [0.1, 0.15) is 19.8 Å². The van der Waals surface area contributed by atoms with Gasteiger partial charge in [0, 0.05) is 32.2 Å². The Kier molecular flexibility index (Phi) is 2.87. The number of nitrogens with zero attached hydrogens (tertiary/aromatic N) is 4. The molecule has 1 saturated heterocycles. The number of hydrogen-bond donors (Lipinski definition) is 1. The highest BCUT2D eigenvalue weighted by molar-refractivity contribution is 5.61. The third-order valence-electron chi connectivity index (χ3n) is 3.60. The minimum atomic E-state index is 0.271. The highest BCUT2D eigenvalue weighted by Crippen LogP contribution is 2.29. The summed E-state index contributed by atoms with van der Waals surface area (Å²) in [5.41, 5.74) is 1.04. The minimum Gasteiger partial charge on any atom is -0.381 e. The maximum absolute atomic E-state index is 5.40. The average molecular weight is 247 g/mol. The molecular formula is C12H17N5O. The standard InChI is InChI=1S/C12H17N5O/c1-12(2-6-18-7-3-12)8-14-10-11-16-15-9-17(11)5-4-13-10/h4-5,9H,2-3,6-8H2,1H3,(H,13,14). The average Bonchev–Trinajstić information content (AvgIpc) is 2.86. The van der Waals surface area contributed by atoms with E-state index in [1.165, 1.54) is 0 Å². The topological polar surface area (TPSA) is 64.3 Å². The summed E-state index contributed by atoms with van der Waals surface area (Å²) in [6.07, 6.45) is 7.44. The van der Waals surface area contributed by atoms with Crippen LogP contribution in [-0.2, 0) is 4.74 Å². The number of ether oxygens (including phenoxy) is 1. The first-order chi connectivity index (χ1) is 8.77. The van der Waals surface area contributed by atoms with Gasteiger partial charge in [-0.3, -0.25) is 4.40 Å². The van der Waals surface area contributed by atoms with Gasteiger partial charge in [0.15, 0.2) is 5.82 Å². The van der Waals surface area contributed by atoms with E-state index in [0.29, 0.717) is 0 Å². The second-order valence-corrected chi connectivity index (χ2v) is 5.11. The molecule has 18 heavy (non-hydrogen) atoms. The fourth-order valence-corrected chi connectivity index (χ4v) is 2.22. The molecule has 0 saturated carbocycles. The quantitative estimate of drug-likeness (QED) is 0.887. The van der Waals surface area contributed by atoms with Gasteiger partial charge in [0.2, 0.25) is 5.65 Å². The van der Waals surface area contributed by atoms with Gasteiger partial charge in [-0.1, -0.05) is 6.92 Å². The summed E-state index contributed by atoms with van der Waals surface area (Å²) in [5.74, 6) is 0.794. The van der Waals surface area contributed by atoms with E-state index >= 15 is 0 Å². The lowest BCUT2D eigenvalue weighted by atomic mass is 9.82. The van der Waals surface area contributed by atoms with Crippen molar-refractivity contribution < 1.29 is 4.74 Å². The van der Waals surface area contributed by atoms with Gasteiger partial charge in [0.1, 0.15) is 6.33 Å². The van der Waals surface area contributed by atoms with Gasteiger partial charge < -0.3 is 10.1 Å². The maximum atomic E-state index is 5.40.